The molecule has 2 aliphatic rings. The third-order valence-corrected chi connectivity index (χ3v) is 7.38. The molecule has 0 saturated heterocycles. The van der Waals surface area contributed by atoms with Gasteiger partial charge >= 0.3 is 6.09 Å². The lowest BCUT2D eigenvalue weighted by atomic mass is 9.83. The van der Waals surface area contributed by atoms with Crippen molar-refractivity contribution in [1.82, 2.24) is 9.88 Å². The van der Waals surface area contributed by atoms with Crippen molar-refractivity contribution < 1.29 is 23.5 Å². The number of amides is 2. The van der Waals surface area contributed by atoms with Crippen LogP contribution in [-0.4, -0.2) is 46.4 Å². The summed E-state index contributed by atoms with van der Waals surface area (Å²) < 4.78 is 19.2. The Hall–Kier alpha value is -3.42. The van der Waals surface area contributed by atoms with E-state index in [2.05, 4.69) is 10.3 Å². The number of rotatable bonds is 6. The lowest BCUT2D eigenvalue weighted by Crippen LogP contribution is -2.43. The summed E-state index contributed by atoms with van der Waals surface area (Å²) in [4.78, 5) is 42.5. The van der Waals surface area contributed by atoms with E-state index >= 15 is 0 Å². The molecule has 0 bridgehead atoms. The van der Waals surface area contributed by atoms with Crippen LogP contribution >= 0.6 is 0 Å². The summed E-state index contributed by atoms with van der Waals surface area (Å²) in [7, 11) is 1.60. The maximum Gasteiger partial charge on any atom is 0.410 e. The van der Waals surface area contributed by atoms with Crippen LogP contribution in [0.3, 0.4) is 0 Å². The predicted molar refractivity (Wildman–Crippen MR) is 142 cm³/mol. The first-order chi connectivity index (χ1) is 17.3. The molecular formula is C29H36FN3O4. The van der Waals surface area contributed by atoms with E-state index in [4.69, 9.17) is 4.74 Å². The summed E-state index contributed by atoms with van der Waals surface area (Å²) in [5.41, 5.74) is 5.36. The number of likely N-dealkylation sites (N-methyl/N-ethyl adjacent to an activating group) is 1. The van der Waals surface area contributed by atoms with Crippen LogP contribution in [0.15, 0.2) is 18.2 Å². The summed E-state index contributed by atoms with van der Waals surface area (Å²) in [5, 5.41) is 2.79. The van der Waals surface area contributed by atoms with Crippen molar-refractivity contribution in [3.8, 4) is 0 Å². The molecule has 1 unspecified atom stereocenters. The standard InChI is InChI=1S/C29H36FN3O4/c1-16-20-10-7-18(8-12-26(34)17(2)33(6)28(36)37-29(3,4)5)13-25(20)31-24(16)15-22-21-14-19(30)9-11-23(21)32-27(22)35/h9,11,14-15,17-18,31H,7-8,10,12-13H2,1-6H3,(H,32,35)/b22-15-/t17-,18?/m0/s1. The van der Waals surface area contributed by atoms with E-state index in [0.29, 0.717) is 29.2 Å². The fraction of sp³-hybridized carbons (Fsp3) is 0.483. The molecule has 2 heterocycles. The van der Waals surface area contributed by atoms with Crippen LogP contribution in [0.5, 0.6) is 0 Å². The molecule has 1 aliphatic heterocycles. The second-order valence-electron chi connectivity index (χ2n) is 11.2. The number of aromatic nitrogens is 1. The number of hydrogen-bond donors (Lipinski definition) is 2. The average Bonchev–Trinajstić information content (AvgIpc) is 3.30. The van der Waals surface area contributed by atoms with Crippen molar-refractivity contribution in [2.45, 2.75) is 78.4 Å². The minimum Gasteiger partial charge on any atom is -0.444 e. The molecule has 1 aromatic heterocycles. The van der Waals surface area contributed by atoms with Crippen LogP contribution in [0.25, 0.3) is 11.6 Å². The fourth-order valence-electron chi connectivity index (χ4n) is 5.07. The first kappa shape index (κ1) is 26.6. The molecule has 2 atom stereocenters. The Kier molecular flexibility index (Phi) is 7.31. The van der Waals surface area contributed by atoms with Crippen LogP contribution in [-0.2, 0) is 27.2 Å². The molecule has 2 N–H and O–H groups in total. The minimum atomic E-state index is -0.613. The molecular weight excluding hydrogens is 473 g/mol. The van der Waals surface area contributed by atoms with Gasteiger partial charge in [0.15, 0.2) is 5.78 Å². The molecule has 7 nitrogen and oxygen atoms in total. The normalized spacial score (nSPS) is 18.7. The lowest BCUT2D eigenvalue weighted by molar-refractivity contribution is -0.123. The van der Waals surface area contributed by atoms with E-state index in [1.54, 1.807) is 46.9 Å². The number of anilines is 1. The molecule has 2 amide bonds. The zero-order valence-electron chi connectivity index (χ0n) is 22.5. The van der Waals surface area contributed by atoms with Gasteiger partial charge in [-0.05, 0) is 102 Å². The number of nitrogens with one attached hydrogen (secondary N) is 2. The number of nitrogens with zero attached hydrogens (tertiary/aromatic N) is 1. The van der Waals surface area contributed by atoms with Crippen molar-refractivity contribution in [1.29, 1.82) is 0 Å². The van der Waals surface area contributed by atoms with E-state index in [1.807, 2.05) is 6.92 Å². The fourth-order valence-corrected chi connectivity index (χ4v) is 5.07. The number of aromatic amines is 1. The number of carbonyl (C=O) groups is 3. The van der Waals surface area contributed by atoms with E-state index in [1.165, 1.54) is 22.6 Å². The SMILES string of the molecule is Cc1c(/C=C2\C(=O)Nc3ccc(F)cc32)[nH]c2c1CCC(CCC(=O)[C@H](C)N(C)C(=O)OC(C)(C)C)C2. The molecule has 0 radical (unpaired) electrons. The number of halogens is 1. The Morgan fingerprint density at radius 2 is 2.03 bits per heavy atom. The molecule has 8 heteroatoms. The molecule has 0 saturated carbocycles. The Bertz CT molecular complexity index is 1270. The Morgan fingerprint density at radius 1 is 1.30 bits per heavy atom. The monoisotopic (exact) mass is 509 g/mol. The topological polar surface area (TPSA) is 91.5 Å². The molecule has 1 aliphatic carbocycles. The second kappa shape index (κ2) is 10.1. The van der Waals surface area contributed by atoms with Gasteiger partial charge in [0.2, 0.25) is 0 Å². The summed E-state index contributed by atoms with van der Waals surface area (Å²) in [6, 6.07) is 3.74. The summed E-state index contributed by atoms with van der Waals surface area (Å²) >= 11 is 0. The van der Waals surface area contributed by atoms with Crippen molar-refractivity contribution in [2.24, 2.45) is 5.92 Å². The van der Waals surface area contributed by atoms with Crippen molar-refractivity contribution in [2.75, 3.05) is 12.4 Å². The third-order valence-electron chi connectivity index (χ3n) is 7.38. The maximum atomic E-state index is 13.8. The van der Waals surface area contributed by atoms with Gasteiger partial charge in [0, 0.05) is 36.1 Å². The van der Waals surface area contributed by atoms with Crippen LogP contribution in [0, 0.1) is 18.7 Å². The number of ether oxygens (including phenoxy) is 1. The van der Waals surface area contributed by atoms with E-state index in [-0.39, 0.29) is 17.5 Å². The van der Waals surface area contributed by atoms with Crippen molar-refractivity contribution in [3.05, 3.63) is 52.1 Å². The number of fused-ring (bicyclic) bond motifs is 2. The number of benzene rings is 1. The van der Waals surface area contributed by atoms with Crippen molar-refractivity contribution >= 4 is 35.1 Å². The van der Waals surface area contributed by atoms with Gasteiger partial charge in [-0.1, -0.05) is 0 Å². The van der Waals surface area contributed by atoms with E-state index in [0.717, 1.165) is 42.6 Å². The number of carbonyl (C=O) groups excluding carboxylic acids is 3. The van der Waals surface area contributed by atoms with Crippen LogP contribution < -0.4 is 5.32 Å². The zero-order valence-corrected chi connectivity index (χ0v) is 22.5. The van der Waals surface area contributed by atoms with Gasteiger partial charge in [-0.2, -0.15) is 0 Å². The van der Waals surface area contributed by atoms with Gasteiger partial charge in [0.25, 0.3) is 5.91 Å². The predicted octanol–water partition coefficient (Wildman–Crippen LogP) is 5.66. The van der Waals surface area contributed by atoms with Crippen LogP contribution in [0.4, 0.5) is 14.9 Å². The number of H-pyrrole nitrogens is 1. The second-order valence-corrected chi connectivity index (χ2v) is 11.2. The van der Waals surface area contributed by atoms with E-state index in [9.17, 15) is 18.8 Å². The molecule has 0 spiro atoms. The maximum absolute atomic E-state index is 13.8. The first-order valence-electron chi connectivity index (χ1n) is 12.9. The lowest BCUT2D eigenvalue weighted by Gasteiger charge is -2.28. The molecule has 0 fully saturated rings. The Morgan fingerprint density at radius 3 is 2.73 bits per heavy atom. The van der Waals surface area contributed by atoms with E-state index < -0.39 is 17.7 Å². The van der Waals surface area contributed by atoms with Crippen LogP contribution in [0.2, 0.25) is 0 Å². The average molecular weight is 510 g/mol. The van der Waals surface area contributed by atoms with Gasteiger partial charge in [0.05, 0.1) is 11.6 Å². The quantitative estimate of drug-likeness (QED) is 0.491. The highest BCUT2D eigenvalue weighted by Crippen LogP contribution is 2.36. The summed E-state index contributed by atoms with van der Waals surface area (Å²) in [6.07, 6.45) is 5.13. The zero-order chi connectivity index (χ0) is 27.1. The number of hydrogen-bond acceptors (Lipinski definition) is 4. The van der Waals surface area contributed by atoms with Crippen LogP contribution in [0.1, 0.15) is 75.0 Å². The number of ketones is 1. The minimum absolute atomic E-state index is 0.0189. The molecule has 2 aromatic rings. The Labute approximate surface area is 217 Å². The largest absolute Gasteiger partial charge is 0.444 e. The summed E-state index contributed by atoms with van der Waals surface area (Å²) in [5.74, 6) is -0.258. The van der Waals surface area contributed by atoms with Crippen molar-refractivity contribution in [3.63, 3.8) is 0 Å². The Balaban J connectivity index is 1.40. The van der Waals surface area contributed by atoms with Gasteiger partial charge < -0.3 is 19.9 Å². The first-order valence-corrected chi connectivity index (χ1v) is 12.9. The highest BCUT2D eigenvalue weighted by atomic mass is 19.1. The smallest absolute Gasteiger partial charge is 0.410 e. The molecule has 198 valence electrons. The molecule has 1 aromatic carbocycles. The van der Waals surface area contributed by atoms with Gasteiger partial charge in [-0.15, -0.1) is 0 Å². The highest BCUT2D eigenvalue weighted by molar-refractivity contribution is 6.34. The van der Waals surface area contributed by atoms with Gasteiger partial charge in [-0.25, -0.2) is 9.18 Å². The molecule has 37 heavy (non-hydrogen) atoms. The third kappa shape index (κ3) is 5.78. The summed E-state index contributed by atoms with van der Waals surface area (Å²) in [6.45, 7) is 9.18. The highest BCUT2D eigenvalue weighted by Gasteiger charge is 2.30. The number of Topliss-reactive ketones (excluding diaryl/α,β-unsaturated/α-hetero) is 1. The van der Waals surface area contributed by atoms with Gasteiger partial charge in [-0.3, -0.25) is 9.59 Å². The van der Waals surface area contributed by atoms with Gasteiger partial charge in [0.1, 0.15) is 11.4 Å². The molecule has 4 rings (SSSR count).